The molecule has 1 N–H and O–H groups in total. The molecule has 0 saturated heterocycles. The molecule has 0 aliphatic rings. The molecule has 0 fully saturated rings. The summed E-state index contributed by atoms with van der Waals surface area (Å²) in [5.74, 6) is 1.54. The Hall–Kier alpha value is -2.19. The van der Waals surface area contributed by atoms with Crippen molar-refractivity contribution in [3.8, 4) is 5.75 Å². The van der Waals surface area contributed by atoms with Gasteiger partial charge in [0.1, 0.15) is 5.75 Å². The molecule has 2 atom stereocenters. The molecule has 8 heteroatoms. The van der Waals surface area contributed by atoms with Gasteiger partial charge in [0.2, 0.25) is 0 Å². The second kappa shape index (κ2) is 19.8. The minimum Gasteiger partial charge on any atom is -0.406 e. The predicted octanol–water partition coefficient (Wildman–Crippen LogP) is 8.18. The maximum Gasteiger partial charge on any atom is 0.573 e. The molecule has 1 aromatic carbocycles. The molecule has 40 heavy (non-hydrogen) atoms. The summed E-state index contributed by atoms with van der Waals surface area (Å²) in [6.07, 6.45) is 3.00. The summed E-state index contributed by atoms with van der Waals surface area (Å²) in [6.45, 7) is 21.8. The molecular weight excluding hydrogens is 515 g/mol. The molecule has 232 valence electrons. The number of benzene rings is 1. The third kappa shape index (κ3) is 16.2. The highest BCUT2D eigenvalue weighted by molar-refractivity contribution is 5.53. The lowest BCUT2D eigenvalue weighted by atomic mass is 9.92. The SMILES string of the molecule is CC/C=C(\C=C(\C)N(C)c1ccc(OC(F)(F)F)cc1)N(CC(C)C)CC(C)C(C)CC.CCCN(C)CCO. The van der Waals surface area contributed by atoms with Crippen molar-refractivity contribution < 1.29 is 23.0 Å². The third-order valence-electron chi connectivity index (χ3n) is 6.92. The highest BCUT2D eigenvalue weighted by Gasteiger charge is 2.31. The molecule has 0 amide bonds. The summed E-state index contributed by atoms with van der Waals surface area (Å²) in [6, 6.07) is 5.96. The lowest BCUT2D eigenvalue weighted by Gasteiger charge is -2.33. The van der Waals surface area contributed by atoms with Gasteiger partial charge in [0, 0.05) is 43.8 Å². The van der Waals surface area contributed by atoms with Crippen LogP contribution in [0.5, 0.6) is 5.75 Å². The minimum absolute atomic E-state index is 0.218. The van der Waals surface area contributed by atoms with Crippen LogP contribution in [0.15, 0.2) is 47.8 Å². The fourth-order valence-electron chi connectivity index (χ4n) is 4.19. The first-order chi connectivity index (χ1) is 18.7. The van der Waals surface area contributed by atoms with Gasteiger partial charge in [-0.05, 0) is 81.5 Å². The highest BCUT2D eigenvalue weighted by atomic mass is 19.4. The number of alkyl halides is 3. The van der Waals surface area contributed by atoms with Crippen LogP contribution in [0.25, 0.3) is 0 Å². The lowest BCUT2D eigenvalue weighted by Crippen LogP contribution is -2.33. The summed E-state index contributed by atoms with van der Waals surface area (Å²) in [4.78, 5) is 6.56. The number of halogens is 3. The van der Waals surface area contributed by atoms with E-state index in [9.17, 15) is 13.2 Å². The number of allylic oxidation sites excluding steroid dienone is 3. The van der Waals surface area contributed by atoms with Crippen LogP contribution in [-0.2, 0) is 0 Å². The Morgan fingerprint density at radius 3 is 2.00 bits per heavy atom. The summed E-state index contributed by atoms with van der Waals surface area (Å²) in [5, 5.41) is 8.42. The molecule has 0 bridgehead atoms. The third-order valence-corrected chi connectivity index (χ3v) is 6.92. The number of hydrogen-bond donors (Lipinski definition) is 1. The molecular formula is C32H56F3N3O2. The normalized spacial score (nSPS) is 14.1. The van der Waals surface area contributed by atoms with Crippen molar-refractivity contribution in [2.75, 3.05) is 51.8 Å². The Kier molecular flexibility index (Phi) is 18.7. The van der Waals surface area contributed by atoms with Crippen LogP contribution in [0.1, 0.15) is 74.7 Å². The Morgan fingerprint density at radius 1 is 0.950 bits per heavy atom. The van der Waals surface area contributed by atoms with Crippen LogP contribution in [-0.4, -0.2) is 68.1 Å². The maximum absolute atomic E-state index is 12.4. The number of aliphatic hydroxyl groups is 1. The molecule has 0 aliphatic heterocycles. The number of rotatable bonds is 16. The molecule has 5 nitrogen and oxygen atoms in total. The van der Waals surface area contributed by atoms with Crippen LogP contribution < -0.4 is 9.64 Å². The Morgan fingerprint density at radius 2 is 1.55 bits per heavy atom. The Labute approximate surface area is 242 Å². The first kappa shape index (κ1) is 37.8. The molecule has 0 aliphatic carbocycles. The van der Waals surface area contributed by atoms with E-state index in [2.05, 4.69) is 75.2 Å². The van der Waals surface area contributed by atoms with Gasteiger partial charge in [0.25, 0.3) is 0 Å². The summed E-state index contributed by atoms with van der Waals surface area (Å²) in [7, 11) is 3.93. The zero-order chi connectivity index (χ0) is 30.9. The van der Waals surface area contributed by atoms with Gasteiger partial charge >= 0.3 is 6.36 Å². The molecule has 0 radical (unpaired) electrons. The molecule has 0 spiro atoms. The van der Waals surface area contributed by atoms with Crippen molar-refractivity contribution in [2.45, 2.75) is 81.0 Å². The maximum atomic E-state index is 12.4. The van der Waals surface area contributed by atoms with Gasteiger partial charge in [-0.25, -0.2) is 0 Å². The summed E-state index contributed by atoms with van der Waals surface area (Å²) >= 11 is 0. The van der Waals surface area contributed by atoms with Gasteiger partial charge in [-0.1, -0.05) is 61.0 Å². The van der Waals surface area contributed by atoms with E-state index >= 15 is 0 Å². The van der Waals surface area contributed by atoms with Gasteiger partial charge in [-0.3, -0.25) is 0 Å². The van der Waals surface area contributed by atoms with Gasteiger partial charge < -0.3 is 24.5 Å². The molecule has 0 aromatic heterocycles. The molecule has 1 rings (SSSR count). The monoisotopic (exact) mass is 571 g/mol. The lowest BCUT2D eigenvalue weighted by molar-refractivity contribution is -0.274. The number of nitrogens with zero attached hydrogens (tertiary/aromatic N) is 3. The fraction of sp³-hybridized carbons (Fsp3) is 0.688. The van der Waals surface area contributed by atoms with Crippen molar-refractivity contribution in [1.29, 1.82) is 0 Å². The van der Waals surface area contributed by atoms with E-state index in [1.54, 1.807) is 12.1 Å². The summed E-state index contributed by atoms with van der Waals surface area (Å²) in [5.41, 5.74) is 3.00. The van der Waals surface area contributed by atoms with E-state index in [-0.39, 0.29) is 12.4 Å². The van der Waals surface area contributed by atoms with E-state index in [4.69, 9.17) is 5.11 Å². The fourth-order valence-corrected chi connectivity index (χ4v) is 4.19. The van der Waals surface area contributed by atoms with E-state index in [1.807, 2.05) is 25.9 Å². The molecule has 2 unspecified atom stereocenters. The second-order valence-corrected chi connectivity index (χ2v) is 11.1. The van der Waals surface area contributed by atoms with Crippen molar-refractivity contribution >= 4 is 5.69 Å². The van der Waals surface area contributed by atoms with Crippen molar-refractivity contribution in [3.63, 3.8) is 0 Å². The Balaban J connectivity index is 0.00000165. The molecule has 0 saturated carbocycles. The van der Waals surface area contributed by atoms with Crippen LogP contribution in [0.3, 0.4) is 0 Å². The summed E-state index contributed by atoms with van der Waals surface area (Å²) < 4.78 is 41.2. The zero-order valence-electron chi connectivity index (χ0n) is 26.7. The van der Waals surface area contributed by atoms with E-state index in [0.717, 1.165) is 56.8 Å². The van der Waals surface area contributed by atoms with E-state index < -0.39 is 6.36 Å². The van der Waals surface area contributed by atoms with E-state index in [0.29, 0.717) is 17.8 Å². The molecule has 1 aromatic rings. The minimum atomic E-state index is -4.69. The Bertz CT molecular complexity index is 848. The zero-order valence-corrected chi connectivity index (χ0v) is 26.7. The average molecular weight is 572 g/mol. The van der Waals surface area contributed by atoms with Crippen LogP contribution in [0, 0.1) is 17.8 Å². The van der Waals surface area contributed by atoms with Gasteiger partial charge in [0.05, 0.1) is 6.61 Å². The number of hydrogen-bond acceptors (Lipinski definition) is 5. The van der Waals surface area contributed by atoms with Crippen LogP contribution in [0.2, 0.25) is 0 Å². The van der Waals surface area contributed by atoms with E-state index in [1.165, 1.54) is 17.8 Å². The number of likely N-dealkylation sites (N-methyl/N-ethyl adjacent to an activating group) is 1. The van der Waals surface area contributed by atoms with Crippen molar-refractivity contribution in [2.24, 2.45) is 17.8 Å². The van der Waals surface area contributed by atoms with Crippen molar-refractivity contribution in [3.05, 3.63) is 47.8 Å². The van der Waals surface area contributed by atoms with Crippen molar-refractivity contribution in [1.82, 2.24) is 9.80 Å². The smallest absolute Gasteiger partial charge is 0.406 e. The first-order valence-electron chi connectivity index (χ1n) is 14.7. The quantitative estimate of drug-likeness (QED) is 0.203. The van der Waals surface area contributed by atoms with Crippen LogP contribution in [0.4, 0.5) is 18.9 Å². The highest BCUT2D eigenvalue weighted by Crippen LogP contribution is 2.27. The van der Waals surface area contributed by atoms with Gasteiger partial charge in [0.15, 0.2) is 0 Å². The standard InChI is InChI=1S/C26H41F3N2O.C6H15NO/c1-9-11-24(31(17-19(3)4)18-21(6)20(5)10-2)16-22(7)30(8)23-12-14-25(15-13-23)32-26(27,28)29;1-3-4-7(2)5-6-8/h11-16,19-21H,9-10,17-18H2,1-8H3;8H,3-6H2,1-2H3/b22-16-,24-11+;. The first-order valence-corrected chi connectivity index (χ1v) is 14.7. The largest absolute Gasteiger partial charge is 0.573 e. The average Bonchev–Trinajstić information content (AvgIpc) is 2.87. The topological polar surface area (TPSA) is 39.2 Å². The number of anilines is 1. The van der Waals surface area contributed by atoms with Crippen LogP contribution >= 0.6 is 0 Å². The predicted molar refractivity (Wildman–Crippen MR) is 164 cm³/mol. The molecule has 0 heterocycles. The number of ether oxygens (including phenoxy) is 1. The number of aliphatic hydroxyl groups excluding tert-OH is 1. The van der Waals surface area contributed by atoms with Gasteiger partial charge in [-0.15, -0.1) is 13.2 Å². The second-order valence-electron chi connectivity index (χ2n) is 11.1. The van der Waals surface area contributed by atoms with Gasteiger partial charge in [-0.2, -0.15) is 0 Å².